The van der Waals surface area contributed by atoms with Gasteiger partial charge in [0, 0.05) is 0 Å². The van der Waals surface area contributed by atoms with Crippen molar-refractivity contribution in [2.24, 2.45) is 0 Å². The van der Waals surface area contributed by atoms with Crippen molar-refractivity contribution in [2.75, 3.05) is 5.73 Å². The van der Waals surface area contributed by atoms with Gasteiger partial charge in [-0.15, -0.1) is 0 Å². The Balaban J connectivity index is 2.14. The van der Waals surface area contributed by atoms with Crippen LogP contribution in [0.5, 0.6) is 5.75 Å². The standard InChI is InChI=1S/C13H10Br2ClNO/c14-9-2-1-3-10(15)13(9)18-7-8-4-5-11(16)12(17)6-8/h1-6H,7,17H2. The average Bonchev–Trinajstić information content (AvgIpc) is 2.33. The maximum atomic E-state index is 5.87. The van der Waals surface area contributed by atoms with Crippen molar-refractivity contribution in [3.63, 3.8) is 0 Å². The van der Waals surface area contributed by atoms with Gasteiger partial charge < -0.3 is 10.5 Å². The number of ether oxygens (including phenoxy) is 1. The fourth-order valence-corrected chi connectivity index (χ4v) is 2.80. The maximum Gasteiger partial charge on any atom is 0.148 e. The molecule has 0 aromatic heterocycles. The summed E-state index contributed by atoms with van der Waals surface area (Å²) in [5, 5.41) is 0.556. The fraction of sp³-hybridized carbons (Fsp3) is 0.0769. The Labute approximate surface area is 127 Å². The van der Waals surface area contributed by atoms with E-state index in [1.165, 1.54) is 0 Å². The third-order valence-electron chi connectivity index (χ3n) is 2.36. The van der Waals surface area contributed by atoms with Crippen LogP contribution in [0.15, 0.2) is 45.3 Å². The number of halogens is 3. The number of hydrogen-bond donors (Lipinski definition) is 1. The molecule has 0 spiro atoms. The van der Waals surface area contributed by atoms with E-state index in [2.05, 4.69) is 31.9 Å². The van der Waals surface area contributed by atoms with Crippen LogP contribution in [0.4, 0.5) is 5.69 Å². The molecule has 2 rings (SSSR count). The normalized spacial score (nSPS) is 10.4. The van der Waals surface area contributed by atoms with E-state index >= 15 is 0 Å². The van der Waals surface area contributed by atoms with Crippen LogP contribution in [0.3, 0.4) is 0 Å². The number of benzene rings is 2. The third kappa shape index (κ3) is 3.19. The summed E-state index contributed by atoms with van der Waals surface area (Å²) in [4.78, 5) is 0. The molecular formula is C13H10Br2ClNO. The Hall–Kier alpha value is -0.710. The monoisotopic (exact) mass is 389 g/mol. The zero-order chi connectivity index (χ0) is 13.1. The molecule has 94 valence electrons. The van der Waals surface area contributed by atoms with E-state index in [1.54, 1.807) is 6.07 Å². The lowest BCUT2D eigenvalue weighted by Crippen LogP contribution is -1.98. The first-order valence-corrected chi connectivity index (χ1v) is 7.15. The minimum Gasteiger partial charge on any atom is -0.487 e. The number of hydrogen-bond acceptors (Lipinski definition) is 2. The van der Waals surface area contributed by atoms with Crippen LogP contribution in [0.25, 0.3) is 0 Å². The molecule has 2 nitrogen and oxygen atoms in total. The van der Waals surface area contributed by atoms with E-state index in [4.69, 9.17) is 22.1 Å². The lowest BCUT2D eigenvalue weighted by atomic mass is 10.2. The lowest BCUT2D eigenvalue weighted by Gasteiger charge is -2.10. The molecule has 0 heterocycles. The molecule has 0 atom stereocenters. The lowest BCUT2D eigenvalue weighted by molar-refractivity contribution is 0.302. The summed E-state index contributed by atoms with van der Waals surface area (Å²) in [6.45, 7) is 0.433. The van der Waals surface area contributed by atoms with Gasteiger partial charge in [0.05, 0.1) is 19.7 Å². The zero-order valence-corrected chi connectivity index (χ0v) is 13.2. The zero-order valence-electron chi connectivity index (χ0n) is 9.29. The largest absolute Gasteiger partial charge is 0.487 e. The van der Waals surface area contributed by atoms with Gasteiger partial charge in [-0.2, -0.15) is 0 Å². The minimum absolute atomic E-state index is 0.433. The van der Waals surface area contributed by atoms with Crippen molar-refractivity contribution < 1.29 is 4.74 Å². The first kappa shape index (κ1) is 13.7. The molecule has 0 saturated heterocycles. The minimum atomic E-state index is 0.433. The Kier molecular flexibility index (Phi) is 4.54. The third-order valence-corrected chi connectivity index (χ3v) is 3.96. The molecule has 0 radical (unpaired) electrons. The number of anilines is 1. The van der Waals surface area contributed by atoms with E-state index in [-0.39, 0.29) is 0 Å². The highest BCUT2D eigenvalue weighted by Gasteiger charge is 2.06. The Bertz CT molecular complexity index is 555. The first-order valence-electron chi connectivity index (χ1n) is 5.18. The molecule has 0 fully saturated rings. The van der Waals surface area contributed by atoms with Gasteiger partial charge in [0.25, 0.3) is 0 Å². The molecule has 18 heavy (non-hydrogen) atoms. The van der Waals surface area contributed by atoms with Gasteiger partial charge in [0.2, 0.25) is 0 Å². The van der Waals surface area contributed by atoms with Crippen LogP contribution in [-0.4, -0.2) is 0 Å². The van der Waals surface area contributed by atoms with Crippen molar-refractivity contribution in [2.45, 2.75) is 6.61 Å². The van der Waals surface area contributed by atoms with Crippen LogP contribution in [0.2, 0.25) is 5.02 Å². The topological polar surface area (TPSA) is 35.2 Å². The molecule has 0 unspecified atom stereocenters. The van der Waals surface area contributed by atoms with Crippen molar-refractivity contribution >= 4 is 49.1 Å². The second-order valence-electron chi connectivity index (χ2n) is 3.70. The number of nitrogens with two attached hydrogens (primary N) is 1. The summed E-state index contributed by atoms with van der Waals surface area (Å²) >= 11 is 12.8. The summed E-state index contributed by atoms with van der Waals surface area (Å²) in [7, 11) is 0. The van der Waals surface area contributed by atoms with E-state index in [1.807, 2.05) is 30.3 Å². The number of rotatable bonds is 3. The summed E-state index contributed by atoms with van der Waals surface area (Å²) in [5.74, 6) is 0.769. The molecule has 0 aliphatic heterocycles. The van der Waals surface area contributed by atoms with Gasteiger partial charge in [-0.1, -0.05) is 23.7 Å². The Morgan fingerprint density at radius 1 is 1.11 bits per heavy atom. The molecular weight excluding hydrogens is 381 g/mol. The quantitative estimate of drug-likeness (QED) is 0.745. The smallest absolute Gasteiger partial charge is 0.148 e. The second kappa shape index (κ2) is 5.95. The molecule has 5 heteroatoms. The molecule has 0 saturated carbocycles. The van der Waals surface area contributed by atoms with Crippen LogP contribution in [-0.2, 0) is 6.61 Å². The molecule has 0 bridgehead atoms. The van der Waals surface area contributed by atoms with Gasteiger partial charge in [-0.3, -0.25) is 0 Å². The highest BCUT2D eigenvalue weighted by Crippen LogP contribution is 2.33. The SMILES string of the molecule is Nc1cc(COc2c(Br)cccc2Br)ccc1Cl. The van der Waals surface area contributed by atoms with Crippen molar-refractivity contribution in [3.8, 4) is 5.75 Å². The van der Waals surface area contributed by atoms with E-state index < -0.39 is 0 Å². The van der Waals surface area contributed by atoms with Crippen LogP contribution in [0, 0.1) is 0 Å². The van der Waals surface area contributed by atoms with Crippen LogP contribution in [0.1, 0.15) is 5.56 Å². The van der Waals surface area contributed by atoms with Crippen LogP contribution >= 0.6 is 43.5 Å². The van der Waals surface area contributed by atoms with E-state index in [9.17, 15) is 0 Å². The molecule has 2 aromatic carbocycles. The highest BCUT2D eigenvalue weighted by atomic mass is 79.9. The van der Waals surface area contributed by atoms with Crippen LogP contribution < -0.4 is 10.5 Å². The van der Waals surface area contributed by atoms with E-state index in [0.717, 1.165) is 20.3 Å². The van der Waals surface area contributed by atoms with Crippen molar-refractivity contribution in [3.05, 3.63) is 55.9 Å². The number of para-hydroxylation sites is 1. The van der Waals surface area contributed by atoms with E-state index in [0.29, 0.717) is 17.3 Å². The van der Waals surface area contributed by atoms with Crippen molar-refractivity contribution in [1.82, 2.24) is 0 Å². The first-order chi connectivity index (χ1) is 8.58. The van der Waals surface area contributed by atoms with Crippen molar-refractivity contribution in [1.29, 1.82) is 0 Å². The summed E-state index contributed by atoms with van der Waals surface area (Å²) in [5.41, 5.74) is 7.27. The second-order valence-corrected chi connectivity index (χ2v) is 5.81. The summed E-state index contributed by atoms with van der Waals surface area (Å²) < 4.78 is 7.56. The van der Waals surface area contributed by atoms with Gasteiger partial charge >= 0.3 is 0 Å². The predicted molar refractivity (Wildman–Crippen MR) is 82.0 cm³/mol. The Morgan fingerprint density at radius 2 is 1.78 bits per heavy atom. The fourth-order valence-electron chi connectivity index (χ4n) is 1.46. The maximum absolute atomic E-state index is 5.87. The van der Waals surface area contributed by atoms with Gasteiger partial charge in [-0.05, 0) is 61.7 Å². The molecule has 0 aliphatic rings. The summed E-state index contributed by atoms with van der Waals surface area (Å²) in [6.07, 6.45) is 0. The van der Waals surface area contributed by atoms with Gasteiger partial charge in [-0.25, -0.2) is 0 Å². The van der Waals surface area contributed by atoms with Gasteiger partial charge in [0.1, 0.15) is 12.4 Å². The summed E-state index contributed by atoms with van der Waals surface area (Å²) in [6, 6.07) is 11.3. The average molecular weight is 391 g/mol. The molecule has 0 amide bonds. The molecule has 0 aliphatic carbocycles. The number of nitrogen functional groups attached to an aromatic ring is 1. The Morgan fingerprint density at radius 3 is 2.39 bits per heavy atom. The van der Waals surface area contributed by atoms with Gasteiger partial charge in [0.15, 0.2) is 0 Å². The molecule has 2 N–H and O–H groups in total. The highest BCUT2D eigenvalue weighted by molar-refractivity contribution is 9.11. The predicted octanol–water partition coefficient (Wildman–Crippen LogP) is 5.03. The molecule has 2 aromatic rings.